The first-order chi connectivity index (χ1) is 15.3. The summed E-state index contributed by atoms with van der Waals surface area (Å²) in [4.78, 5) is 30.9. The van der Waals surface area contributed by atoms with Gasteiger partial charge in [-0.3, -0.25) is 9.59 Å². The molecule has 2 fully saturated rings. The fraction of sp³-hybridized carbons (Fsp3) is 0.560. The van der Waals surface area contributed by atoms with Gasteiger partial charge in [0.2, 0.25) is 5.91 Å². The Morgan fingerprint density at radius 2 is 2.19 bits per heavy atom. The number of aromatic nitrogens is 1. The highest BCUT2D eigenvalue weighted by molar-refractivity contribution is 7.15. The van der Waals surface area contributed by atoms with Gasteiger partial charge in [0.25, 0.3) is 0 Å². The van der Waals surface area contributed by atoms with Gasteiger partial charge >= 0.3 is 0 Å². The maximum Gasteiger partial charge on any atom is 0.226 e. The average molecular weight is 457 g/mol. The van der Waals surface area contributed by atoms with Crippen molar-refractivity contribution in [2.24, 2.45) is 23.2 Å². The second-order valence-electron chi connectivity index (χ2n) is 10.0. The third kappa shape index (κ3) is 3.54. The molecule has 2 aromatic rings. The molecule has 0 radical (unpaired) electrons. The number of benzene rings is 1. The molecule has 170 valence electrons. The van der Waals surface area contributed by atoms with Crippen LogP contribution in [0.2, 0.25) is 0 Å². The number of Topliss-reactive ketones (excluding diaryl/α,β-unsaturated/α-hetero) is 1. The minimum atomic E-state index is -0.564. The molecule has 5 rings (SSSR count). The van der Waals surface area contributed by atoms with Gasteiger partial charge in [-0.15, -0.1) is 11.3 Å². The summed E-state index contributed by atoms with van der Waals surface area (Å²) >= 11 is 1.46. The first-order valence-electron chi connectivity index (χ1n) is 11.5. The Morgan fingerprint density at radius 3 is 2.94 bits per heavy atom. The third-order valence-electron chi connectivity index (χ3n) is 8.25. The fourth-order valence-electron chi connectivity index (χ4n) is 6.82. The number of fused-ring (bicyclic) bond motifs is 5. The first-order valence-corrected chi connectivity index (χ1v) is 12.3. The number of carbonyl (C=O) groups excluding carboxylic acids is 2. The SMILES string of the molecule is Cc1cnc(NC(=O)CCC2CC(=O)C3(C)CCC4c5cc(F)c(O)cc5CCC4C23)s1. The van der Waals surface area contributed by atoms with Gasteiger partial charge in [0.1, 0.15) is 5.78 Å². The molecule has 1 heterocycles. The van der Waals surface area contributed by atoms with E-state index in [4.69, 9.17) is 0 Å². The molecule has 1 aromatic carbocycles. The first kappa shape index (κ1) is 21.6. The minimum absolute atomic E-state index is 0.0562. The lowest BCUT2D eigenvalue weighted by atomic mass is 9.54. The molecule has 3 aliphatic carbocycles. The summed E-state index contributed by atoms with van der Waals surface area (Å²) in [7, 11) is 0. The number of rotatable bonds is 4. The number of phenolic OH excluding ortho intramolecular Hbond substituents is 1. The van der Waals surface area contributed by atoms with Crippen LogP contribution in [-0.2, 0) is 16.0 Å². The number of aryl methyl sites for hydroxylation is 2. The summed E-state index contributed by atoms with van der Waals surface area (Å²) in [6.07, 6.45) is 6.75. The number of hydrogen-bond acceptors (Lipinski definition) is 5. The van der Waals surface area contributed by atoms with Crippen molar-refractivity contribution in [2.45, 2.75) is 64.7 Å². The quantitative estimate of drug-likeness (QED) is 0.649. The minimum Gasteiger partial charge on any atom is -0.505 e. The van der Waals surface area contributed by atoms with Crippen LogP contribution in [-0.4, -0.2) is 21.8 Å². The number of nitrogens with zero attached hydrogens (tertiary/aromatic N) is 1. The number of halogens is 1. The summed E-state index contributed by atoms with van der Waals surface area (Å²) < 4.78 is 14.2. The smallest absolute Gasteiger partial charge is 0.226 e. The lowest BCUT2D eigenvalue weighted by molar-refractivity contribution is -0.129. The van der Waals surface area contributed by atoms with Crippen LogP contribution < -0.4 is 5.32 Å². The second kappa shape index (κ2) is 7.94. The van der Waals surface area contributed by atoms with E-state index in [0.717, 1.165) is 41.7 Å². The van der Waals surface area contributed by atoms with Crippen molar-refractivity contribution in [3.63, 3.8) is 0 Å². The van der Waals surface area contributed by atoms with E-state index < -0.39 is 5.82 Å². The third-order valence-corrected chi connectivity index (χ3v) is 9.07. The second-order valence-corrected chi connectivity index (χ2v) is 11.3. The van der Waals surface area contributed by atoms with E-state index in [1.165, 1.54) is 17.4 Å². The molecule has 5 atom stereocenters. The van der Waals surface area contributed by atoms with Gasteiger partial charge in [0.15, 0.2) is 16.7 Å². The van der Waals surface area contributed by atoms with Crippen LogP contribution in [0.4, 0.5) is 9.52 Å². The van der Waals surface area contributed by atoms with E-state index in [0.29, 0.717) is 36.1 Å². The zero-order valence-electron chi connectivity index (χ0n) is 18.5. The summed E-state index contributed by atoms with van der Waals surface area (Å²) in [5.74, 6) is 0.341. The van der Waals surface area contributed by atoms with Crippen molar-refractivity contribution in [2.75, 3.05) is 5.32 Å². The molecule has 5 nitrogen and oxygen atoms in total. The molecule has 1 aromatic heterocycles. The van der Waals surface area contributed by atoms with E-state index >= 15 is 0 Å². The van der Waals surface area contributed by atoms with Crippen LogP contribution in [0.1, 0.15) is 67.4 Å². The van der Waals surface area contributed by atoms with Gasteiger partial charge in [-0.1, -0.05) is 6.92 Å². The summed E-state index contributed by atoms with van der Waals surface area (Å²) in [5.41, 5.74) is 1.70. The monoisotopic (exact) mass is 456 g/mol. The van der Waals surface area contributed by atoms with Gasteiger partial charge in [0, 0.05) is 29.3 Å². The molecule has 5 unspecified atom stereocenters. The largest absolute Gasteiger partial charge is 0.505 e. The Labute approximate surface area is 191 Å². The molecule has 32 heavy (non-hydrogen) atoms. The van der Waals surface area contributed by atoms with Crippen LogP contribution in [0.5, 0.6) is 5.75 Å². The number of carbonyl (C=O) groups is 2. The predicted molar refractivity (Wildman–Crippen MR) is 121 cm³/mol. The van der Waals surface area contributed by atoms with Crippen LogP contribution in [0, 0.1) is 35.9 Å². The number of ketones is 1. The van der Waals surface area contributed by atoms with E-state index in [-0.39, 0.29) is 34.8 Å². The lowest BCUT2D eigenvalue weighted by Gasteiger charge is -2.50. The number of phenols is 1. The predicted octanol–water partition coefficient (Wildman–Crippen LogP) is 5.37. The average Bonchev–Trinajstić information content (AvgIpc) is 3.27. The summed E-state index contributed by atoms with van der Waals surface area (Å²) in [6.45, 7) is 4.06. The molecule has 3 aliphatic rings. The molecule has 0 bridgehead atoms. The van der Waals surface area contributed by atoms with Crippen molar-refractivity contribution in [3.8, 4) is 5.75 Å². The van der Waals surface area contributed by atoms with Gasteiger partial charge in [-0.25, -0.2) is 9.37 Å². The van der Waals surface area contributed by atoms with Gasteiger partial charge in [0.05, 0.1) is 0 Å². The Balaban J connectivity index is 1.35. The number of thiazole rings is 1. The van der Waals surface area contributed by atoms with Crippen molar-refractivity contribution in [1.29, 1.82) is 0 Å². The van der Waals surface area contributed by atoms with Gasteiger partial charge in [-0.05, 0) is 86.0 Å². The number of amides is 1. The molecule has 2 saturated carbocycles. The highest BCUT2D eigenvalue weighted by Gasteiger charge is 2.58. The number of anilines is 1. The van der Waals surface area contributed by atoms with Crippen molar-refractivity contribution >= 4 is 28.2 Å². The summed E-state index contributed by atoms with van der Waals surface area (Å²) in [5, 5.41) is 13.3. The molecular formula is C25H29FN2O3S. The normalized spacial score (nSPS) is 31.0. The highest BCUT2D eigenvalue weighted by Crippen LogP contribution is 2.62. The molecule has 0 saturated heterocycles. The summed E-state index contributed by atoms with van der Waals surface area (Å²) in [6, 6.07) is 3.09. The van der Waals surface area contributed by atoms with Crippen LogP contribution in [0.15, 0.2) is 18.3 Å². The van der Waals surface area contributed by atoms with Crippen LogP contribution >= 0.6 is 11.3 Å². The zero-order valence-corrected chi connectivity index (χ0v) is 19.3. The van der Waals surface area contributed by atoms with E-state index in [1.54, 1.807) is 12.3 Å². The molecule has 0 spiro atoms. The Morgan fingerprint density at radius 1 is 1.38 bits per heavy atom. The standard InChI is InChI=1S/C25H29FN2O3S/c1-13-12-27-24(32-13)28-22(31)6-4-15-10-21(30)25(2)8-7-16-17(23(15)25)5-3-14-9-20(29)19(26)11-18(14)16/h9,11-12,15-17,23,29H,3-8,10H2,1-2H3,(H,27,28,31). The van der Waals surface area contributed by atoms with Crippen LogP contribution in [0.3, 0.4) is 0 Å². The van der Waals surface area contributed by atoms with E-state index in [2.05, 4.69) is 17.2 Å². The van der Waals surface area contributed by atoms with Gasteiger partial charge in [-0.2, -0.15) is 0 Å². The number of hydrogen-bond donors (Lipinski definition) is 2. The van der Waals surface area contributed by atoms with E-state index in [9.17, 15) is 19.1 Å². The number of aromatic hydroxyl groups is 1. The lowest BCUT2D eigenvalue weighted by Crippen LogP contribution is -2.44. The topological polar surface area (TPSA) is 79.3 Å². The molecule has 1 amide bonds. The molecule has 2 N–H and O–H groups in total. The van der Waals surface area contributed by atoms with Crippen LogP contribution in [0.25, 0.3) is 0 Å². The maximum atomic E-state index is 14.2. The maximum absolute atomic E-state index is 14.2. The van der Waals surface area contributed by atoms with Crippen molar-refractivity contribution in [3.05, 3.63) is 40.2 Å². The Hall–Kier alpha value is -2.28. The highest BCUT2D eigenvalue weighted by atomic mass is 32.1. The molecular weight excluding hydrogens is 427 g/mol. The van der Waals surface area contributed by atoms with Gasteiger partial charge < -0.3 is 10.4 Å². The van der Waals surface area contributed by atoms with Crippen molar-refractivity contribution in [1.82, 2.24) is 4.98 Å². The van der Waals surface area contributed by atoms with E-state index in [1.807, 2.05) is 6.92 Å². The fourth-order valence-corrected chi connectivity index (χ4v) is 7.50. The Kier molecular flexibility index (Phi) is 5.35. The Bertz CT molecular complexity index is 1080. The molecule has 7 heteroatoms. The molecule has 0 aliphatic heterocycles. The number of nitrogens with one attached hydrogen (secondary N) is 1. The van der Waals surface area contributed by atoms with Crippen molar-refractivity contribution < 1.29 is 19.1 Å². The zero-order chi connectivity index (χ0) is 22.6.